The molecule has 3 nitrogen and oxygen atoms in total. The van der Waals surface area contributed by atoms with Gasteiger partial charge in [0.1, 0.15) is 5.52 Å². The quantitative estimate of drug-likeness (QED) is 0.741. The molecule has 3 rings (SSSR count). The highest BCUT2D eigenvalue weighted by atomic mass is 32.1. The monoisotopic (exact) mass is 303 g/mol. The number of hydrogen-bond donors (Lipinski definition) is 1. The summed E-state index contributed by atoms with van der Waals surface area (Å²) in [4.78, 5) is 8.01. The van der Waals surface area contributed by atoms with E-state index in [-0.39, 0.29) is 0 Å². The summed E-state index contributed by atoms with van der Waals surface area (Å²) in [5.74, 6) is 0. The van der Waals surface area contributed by atoms with E-state index in [1.807, 2.05) is 5.51 Å². The molecule has 3 aromatic rings. The van der Waals surface area contributed by atoms with Crippen LogP contribution < -0.4 is 10.6 Å². The van der Waals surface area contributed by atoms with E-state index in [1.54, 1.807) is 22.7 Å². The van der Waals surface area contributed by atoms with E-state index in [4.69, 9.17) is 5.73 Å². The molecule has 1 aromatic carbocycles. The van der Waals surface area contributed by atoms with Crippen LogP contribution in [0.1, 0.15) is 11.8 Å². The molecule has 20 heavy (non-hydrogen) atoms. The summed E-state index contributed by atoms with van der Waals surface area (Å²) in [6, 6.07) is 8.88. The molecule has 0 fully saturated rings. The molecule has 1 atom stereocenters. The van der Waals surface area contributed by atoms with Gasteiger partial charge in [-0.2, -0.15) is 0 Å². The molecule has 0 saturated heterocycles. The minimum absolute atomic E-state index is 0.395. The first kappa shape index (κ1) is 13.4. The van der Waals surface area contributed by atoms with Gasteiger partial charge in [0.2, 0.25) is 0 Å². The van der Waals surface area contributed by atoms with Gasteiger partial charge in [-0.15, -0.1) is 22.7 Å². The number of benzene rings is 1. The highest BCUT2D eigenvalue weighted by Crippen LogP contribution is 2.33. The molecule has 2 heterocycles. The molecule has 104 valence electrons. The average Bonchev–Trinajstić information content (AvgIpc) is 3.09. The Labute approximate surface area is 126 Å². The number of fused-ring (bicyclic) bond motifs is 1. The largest absolute Gasteiger partial charge is 0.395 e. The van der Waals surface area contributed by atoms with E-state index in [1.165, 1.54) is 4.88 Å². The molecule has 0 amide bonds. The van der Waals surface area contributed by atoms with Crippen molar-refractivity contribution in [1.29, 1.82) is 0 Å². The third-order valence-corrected chi connectivity index (χ3v) is 5.33. The zero-order valence-electron chi connectivity index (χ0n) is 11.5. The second kappa shape index (κ2) is 5.42. The van der Waals surface area contributed by atoms with E-state index >= 15 is 0 Å². The minimum atomic E-state index is 0.395. The molecule has 0 aliphatic rings. The first-order valence-corrected chi connectivity index (χ1v) is 8.29. The summed E-state index contributed by atoms with van der Waals surface area (Å²) in [5.41, 5.74) is 10.9. The normalized spacial score (nSPS) is 12.7. The van der Waals surface area contributed by atoms with E-state index in [0.717, 1.165) is 28.0 Å². The van der Waals surface area contributed by atoms with Crippen LogP contribution in [0.15, 0.2) is 35.2 Å². The lowest BCUT2D eigenvalue weighted by Crippen LogP contribution is -2.31. The van der Waals surface area contributed by atoms with Crippen LogP contribution in [0.5, 0.6) is 0 Å². The standard InChI is InChI=1S/C15H17N3S2/c1-10(8-11-4-3-7-19-11)18(2)12-5-6-13-15(14(12)16)17-9-20-13/h3-7,9-10H,8,16H2,1-2H3. The second-order valence-corrected chi connectivity index (χ2v) is 6.86. The van der Waals surface area contributed by atoms with Gasteiger partial charge in [-0.1, -0.05) is 6.07 Å². The first-order chi connectivity index (χ1) is 9.66. The summed E-state index contributed by atoms with van der Waals surface area (Å²) < 4.78 is 1.14. The third-order valence-electron chi connectivity index (χ3n) is 3.64. The lowest BCUT2D eigenvalue weighted by molar-refractivity contribution is 0.689. The lowest BCUT2D eigenvalue weighted by Gasteiger charge is -2.28. The molecule has 0 aliphatic carbocycles. The summed E-state index contributed by atoms with van der Waals surface area (Å²) in [5, 5.41) is 2.12. The number of rotatable bonds is 4. The number of hydrogen-bond acceptors (Lipinski definition) is 5. The van der Waals surface area contributed by atoms with E-state index in [9.17, 15) is 0 Å². The van der Waals surface area contributed by atoms with Crippen LogP contribution >= 0.6 is 22.7 Å². The Bertz CT molecular complexity index is 703. The average molecular weight is 303 g/mol. The molecule has 0 bridgehead atoms. The van der Waals surface area contributed by atoms with Gasteiger partial charge >= 0.3 is 0 Å². The van der Waals surface area contributed by atoms with E-state index < -0.39 is 0 Å². The molecule has 2 N–H and O–H groups in total. The van der Waals surface area contributed by atoms with Crippen LogP contribution in [0, 0.1) is 0 Å². The molecule has 0 spiro atoms. The van der Waals surface area contributed by atoms with Gasteiger partial charge in [0.25, 0.3) is 0 Å². The highest BCUT2D eigenvalue weighted by Gasteiger charge is 2.16. The highest BCUT2D eigenvalue weighted by molar-refractivity contribution is 7.16. The van der Waals surface area contributed by atoms with E-state index in [0.29, 0.717) is 6.04 Å². The number of nitrogens with zero attached hydrogens (tertiary/aromatic N) is 2. The number of likely N-dealkylation sites (N-methyl/N-ethyl adjacent to an activating group) is 1. The summed E-state index contributed by atoms with van der Waals surface area (Å²) in [6.07, 6.45) is 1.03. The van der Waals surface area contributed by atoms with Gasteiger partial charge in [-0.25, -0.2) is 4.98 Å². The second-order valence-electron chi connectivity index (χ2n) is 4.94. The predicted octanol–water partition coefficient (Wildman–Crippen LogP) is 4.01. The van der Waals surface area contributed by atoms with Crippen molar-refractivity contribution in [3.05, 3.63) is 40.0 Å². The van der Waals surface area contributed by atoms with E-state index in [2.05, 4.69) is 53.5 Å². The van der Waals surface area contributed by atoms with Crippen LogP contribution in [0.4, 0.5) is 11.4 Å². The molecule has 0 aliphatic heterocycles. The number of anilines is 2. The van der Waals surface area contributed by atoms with Crippen LogP contribution in [0.2, 0.25) is 0 Å². The molecule has 2 aromatic heterocycles. The number of nitrogen functional groups attached to an aromatic ring is 1. The zero-order valence-corrected chi connectivity index (χ0v) is 13.2. The number of thiazole rings is 1. The first-order valence-electron chi connectivity index (χ1n) is 6.53. The molecular weight excluding hydrogens is 286 g/mol. The number of thiophene rings is 1. The Kier molecular flexibility index (Phi) is 3.63. The molecular formula is C15H17N3S2. The van der Waals surface area contributed by atoms with Crippen molar-refractivity contribution >= 4 is 44.3 Å². The fourth-order valence-electron chi connectivity index (χ4n) is 2.34. The number of aromatic nitrogens is 1. The van der Waals surface area contributed by atoms with Crippen molar-refractivity contribution in [3.63, 3.8) is 0 Å². The fourth-order valence-corrected chi connectivity index (χ4v) is 3.86. The van der Waals surface area contributed by atoms with Crippen molar-refractivity contribution < 1.29 is 0 Å². The fraction of sp³-hybridized carbons (Fsp3) is 0.267. The van der Waals surface area contributed by atoms with Crippen LogP contribution in [-0.4, -0.2) is 18.1 Å². The topological polar surface area (TPSA) is 42.2 Å². The molecule has 0 saturated carbocycles. The summed E-state index contributed by atoms with van der Waals surface area (Å²) in [6.45, 7) is 2.23. The van der Waals surface area contributed by atoms with Crippen LogP contribution in [0.3, 0.4) is 0 Å². The van der Waals surface area contributed by atoms with Gasteiger partial charge < -0.3 is 10.6 Å². The molecule has 0 radical (unpaired) electrons. The third kappa shape index (κ3) is 2.39. The molecule has 1 unspecified atom stereocenters. The van der Waals surface area contributed by atoms with Crippen molar-refractivity contribution in [1.82, 2.24) is 4.98 Å². The smallest absolute Gasteiger partial charge is 0.106 e. The summed E-state index contributed by atoms with van der Waals surface area (Å²) in [7, 11) is 2.10. The SMILES string of the molecule is CC(Cc1cccs1)N(C)c1ccc2scnc2c1N. The van der Waals surface area contributed by atoms with Gasteiger partial charge in [0.15, 0.2) is 0 Å². The Morgan fingerprint density at radius 3 is 2.90 bits per heavy atom. The Morgan fingerprint density at radius 2 is 2.15 bits per heavy atom. The zero-order chi connectivity index (χ0) is 14.1. The van der Waals surface area contributed by atoms with Gasteiger partial charge in [-0.3, -0.25) is 0 Å². The minimum Gasteiger partial charge on any atom is -0.395 e. The maximum atomic E-state index is 6.28. The van der Waals surface area contributed by atoms with Gasteiger partial charge in [-0.05, 0) is 30.5 Å². The van der Waals surface area contributed by atoms with Gasteiger partial charge in [0, 0.05) is 24.4 Å². The Hall–Kier alpha value is -1.59. The van der Waals surface area contributed by atoms with Crippen molar-refractivity contribution in [3.8, 4) is 0 Å². The van der Waals surface area contributed by atoms with Crippen molar-refractivity contribution in [2.45, 2.75) is 19.4 Å². The van der Waals surface area contributed by atoms with Crippen LogP contribution in [-0.2, 0) is 6.42 Å². The summed E-state index contributed by atoms with van der Waals surface area (Å²) >= 11 is 3.43. The van der Waals surface area contributed by atoms with Gasteiger partial charge in [0.05, 0.1) is 21.6 Å². The number of nitrogens with two attached hydrogens (primary N) is 1. The predicted molar refractivity (Wildman–Crippen MR) is 89.9 cm³/mol. The Morgan fingerprint density at radius 1 is 1.30 bits per heavy atom. The Balaban J connectivity index is 1.87. The van der Waals surface area contributed by atoms with Crippen LogP contribution in [0.25, 0.3) is 10.2 Å². The van der Waals surface area contributed by atoms with Crippen molar-refractivity contribution in [2.24, 2.45) is 0 Å². The maximum Gasteiger partial charge on any atom is 0.106 e. The lowest BCUT2D eigenvalue weighted by atomic mass is 10.1. The maximum absolute atomic E-state index is 6.28. The van der Waals surface area contributed by atoms with Crippen molar-refractivity contribution in [2.75, 3.05) is 17.7 Å². The molecule has 5 heteroatoms.